The summed E-state index contributed by atoms with van der Waals surface area (Å²) in [5, 5.41) is 17.5. The molecule has 0 bridgehead atoms. The lowest BCUT2D eigenvalue weighted by Crippen LogP contribution is -2.04. The number of aromatic nitrogens is 2. The number of aliphatic hydroxyl groups excluding tert-OH is 1. The van der Waals surface area contributed by atoms with E-state index < -0.39 is 17.5 Å². The highest BCUT2D eigenvalue weighted by Crippen LogP contribution is 2.10. The van der Waals surface area contributed by atoms with Crippen LogP contribution in [0.25, 0.3) is 0 Å². The van der Waals surface area contributed by atoms with Gasteiger partial charge in [-0.25, -0.2) is 4.79 Å². The van der Waals surface area contributed by atoms with Crippen molar-refractivity contribution in [2.75, 3.05) is 0 Å². The van der Waals surface area contributed by atoms with Gasteiger partial charge in [-0.2, -0.15) is 0 Å². The Hall–Kier alpha value is -2.89. The zero-order valence-corrected chi connectivity index (χ0v) is 10.4. The van der Waals surface area contributed by atoms with E-state index in [1.165, 1.54) is 0 Å². The van der Waals surface area contributed by atoms with Crippen LogP contribution in [0.5, 0.6) is 0 Å². The molecule has 0 atom stereocenters. The van der Waals surface area contributed by atoms with Crippen molar-refractivity contribution in [3.63, 3.8) is 0 Å². The molecule has 0 unspecified atom stereocenters. The van der Waals surface area contributed by atoms with Crippen LogP contribution in [0.1, 0.15) is 21.7 Å². The zero-order valence-electron chi connectivity index (χ0n) is 10.4. The van der Waals surface area contributed by atoms with Crippen molar-refractivity contribution in [2.24, 2.45) is 0 Å². The fourth-order valence-corrected chi connectivity index (χ4v) is 1.66. The molecule has 2 rings (SSSR count). The summed E-state index contributed by atoms with van der Waals surface area (Å²) in [6.07, 6.45) is 4.55. The summed E-state index contributed by atoms with van der Waals surface area (Å²) in [7, 11) is 0. The number of aliphatic carboxylic acids is 1. The Labute approximate surface area is 114 Å². The normalized spacial score (nSPS) is 11.3. The number of carboxylic acid groups (broad SMARTS) is 1. The molecular weight excluding hydrogens is 260 g/mol. The first-order chi connectivity index (χ1) is 9.56. The van der Waals surface area contributed by atoms with Gasteiger partial charge in [-0.3, -0.25) is 9.78 Å². The van der Waals surface area contributed by atoms with Crippen LogP contribution < -0.4 is 0 Å². The van der Waals surface area contributed by atoms with Gasteiger partial charge in [-0.1, -0.05) is 6.07 Å². The third-order valence-corrected chi connectivity index (χ3v) is 2.61. The molecule has 2 heterocycles. The first-order valence-electron chi connectivity index (χ1n) is 5.82. The molecule has 0 saturated carbocycles. The maximum absolute atomic E-state index is 11.7. The maximum atomic E-state index is 11.7. The van der Waals surface area contributed by atoms with Gasteiger partial charge in [0.1, 0.15) is 0 Å². The van der Waals surface area contributed by atoms with Crippen LogP contribution >= 0.6 is 0 Å². The molecular formula is C14H12N2O4. The second-order valence-corrected chi connectivity index (χ2v) is 4.12. The van der Waals surface area contributed by atoms with Gasteiger partial charge in [0, 0.05) is 30.6 Å². The number of allylic oxidation sites excluding steroid dienone is 1. The second kappa shape index (κ2) is 5.83. The average molecular weight is 272 g/mol. The molecule has 20 heavy (non-hydrogen) atoms. The van der Waals surface area contributed by atoms with Crippen molar-refractivity contribution in [2.45, 2.75) is 6.42 Å². The van der Waals surface area contributed by atoms with E-state index in [0.29, 0.717) is 12.5 Å². The van der Waals surface area contributed by atoms with Gasteiger partial charge in [0.15, 0.2) is 0 Å². The highest BCUT2D eigenvalue weighted by molar-refractivity contribution is 6.06. The number of hydrogen-bond acceptors (Lipinski definition) is 4. The summed E-state index contributed by atoms with van der Waals surface area (Å²) < 4.78 is 0. The molecule has 6 heteroatoms. The SMILES string of the molecule is O=C(O)C(O)=CC(=O)c1cc(Cc2ccccn2)c[nH]1. The van der Waals surface area contributed by atoms with Crippen molar-refractivity contribution < 1.29 is 19.8 Å². The van der Waals surface area contributed by atoms with E-state index in [-0.39, 0.29) is 5.69 Å². The molecule has 3 N–H and O–H groups in total. The number of aromatic amines is 1. The summed E-state index contributed by atoms with van der Waals surface area (Å²) in [6.45, 7) is 0. The lowest BCUT2D eigenvalue weighted by Gasteiger charge is -1.95. The number of hydrogen-bond donors (Lipinski definition) is 3. The van der Waals surface area contributed by atoms with Gasteiger partial charge in [0.2, 0.25) is 11.5 Å². The van der Waals surface area contributed by atoms with E-state index in [2.05, 4.69) is 9.97 Å². The van der Waals surface area contributed by atoms with Crippen LogP contribution in [0.15, 0.2) is 48.5 Å². The highest BCUT2D eigenvalue weighted by Gasteiger charge is 2.11. The lowest BCUT2D eigenvalue weighted by molar-refractivity contribution is -0.135. The number of nitrogens with one attached hydrogen (secondary N) is 1. The Morgan fingerprint density at radius 2 is 2.10 bits per heavy atom. The van der Waals surface area contributed by atoms with Crippen LogP contribution in [0.3, 0.4) is 0 Å². The quantitative estimate of drug-likeness (QED) is 0.436. The molecule has 0 aliphatic rings. The first kappa shape index (κ1) is 13.5. The van der Waals surface area contributed by atoms with Crippen molar-refractivity contribution in [1.29, 1.82) is 0 Å². The Morgan fingerprint density at radius 3 is 2.75 bits per heavy atom. The van der Waals surface area contributed by atoms with Crippen LogP contribution in [-0.2, 0) is 11.2 Å². The number of ketones is 1. The molecule has 0 amide bonds. The number of nitrogens with zero attached hydrogens (tertiary/aromatic N) is 1. The number of carbonyl (C=O) groups excluding carboxylic acids is 1. The Kier molecular flexibility index (Phi) is 3.95. The molecule has 0 fully saturated rings. The molecule has 0 aliphatic carbocycles. The van der Waals surface area contributed by atoms with Crippen LogP contribution in [0.2, 0.25) is 0 Å². The summed E-state index contributed by atoms with van der Waals surface area (Å²) in [6, 6.07) is 7.15. The molecule has 0 aliphatic heterocycles. The zero-order chi connectivity index (χ0) is 14.5. The number of aliphatic hydroxyl groups is 1. The van der Waals surface area contributed by atoms with Gasteiger partial charge >= 0.3 is 5.97 Å². The summed E-state index contributed by atoms with van der Waals surface area (Å²) in [5.74, 6) is -3.13. The number of rotatable bonds is 5. The van der Waals surface area contributed by atoms with Crippen molar-refractivity contribution in [1.82, 2.24) is 9.97 Å². The molecule has 0 saturated heterocycles. The van der Waals surface area contributed by atoms with E-state index >= 15 is 0 Å². The van der Waals surface area contributed by atoms with E-state index in [9.17, 15) is 9.59 Å². The van der Waals surface area contributed by atoms with Gasteiger partial charge < -0.3 is 15.2 Å². The molecule has 0 spiro atoms. The van der Waals surface area contributed by atoms with Crippen molar-refractivity contribution in [3.8, 4) is 0 Å². The van der Waals surface area contributed by atoms with Gasteiger partial charge in [-0.15, -0.1) is 0 Å². The van der Waals surface area contributed by atoms with Crippen LogP contribution in [0.4, 0.5) is 0 Å². The Balaban J connectivity index is 2.11. The lowest BCUT2D eigenvalue weighted by atomic mass is 10.1. The van der Waals surface area contributed by atoms with E-state index in [1.54, 1.807) is 18.5 Å². The van der Waals surface area contributed by atoms with Gasteiger partial charge in [0.05, 0.1) is 5.69 Å². The van der Waals surface area contributed by atoms with Gasteiger partial charge in [-0.05, 0) is 23.8 Å². The standard InChI is InChI=1S/C14H12N2O4/c17-12(7-13(18)14(19)20)11-6-9(8-16-11)5-10-3-1-2-4-15-10/h1-4,6-8,16,18H,5H2,(H,19,20). The maximum Gasteiger partial charge on any atom is 0.371 e. The van der Waals surface area contributed by atoms with Crippen LogP contribution in [-0.4, -0.2) is 31.9 Å². The van der Waals surface area contributed by atoms with E-state index in [1.807, 2.05) is 18.2 Å². The van der Waals surface area contributed by atoms with Crippen LogP contribution in [0, 0.1) is 0 Å². The molecule has 2 aromatic heterocycles. The average Bonchev–Trinajstić information content (AvgIpc) is 2.88. The monoisotopic (exact) mass is 272 g/mol. The first-order valence-corrected chi connectivity index (χ1v) is 5.82. The minimum absolute atomic E-state index is 0.212. The minimum atomic E-state index is -1.54. The smallest absolute Gasteiger partial charge is 0.371 e. The second-order valence-electron chi connectivity index (χ2n) is 4.12. The highest BCUT2D eigenvalue weighted by atomic mass is 16.4. The van der Waals surface area contributed by atoms with E-state index in [4.69, 9.17) is 10.2 Å². The summed E-state index contributed by atoms with van der Waals surface area (Å²) in [4.78, 5) is 29.0. The predicted molar refractivity (Wildman–Crippen MR) is 70.5 cm³/mol. The third kappa shape index (κ3) is 3.32. The molecule has 0 radical (unpaired) electrons. The summed E-state index contributed by atoms with van der Waals surface area (Å²) >= 11 is 0. The number of pyridine rings is 1. The summed E-state index contributed by atoms with van der Waals surface area (Å²) in [5.41, 5.74) is 1.91. The number of carboxylic acids is 1. The number of H-pyrrole nitrogens is 1. The van der Waals surface area contributed by atoms with E-state index in [0.717, 1.165) is 11.3 Å². The molecule has 2 aromatic rings. The topological polar surface area (TPSA) is 103 Å². The Bertz CT molecular complexity index is 659. The Morgan fingerprint density at radius 1 is 1.30 bits per heavy atom. The largest absolute Gasteiger partial charge is 0.502 e. The van der Waals surface area contributed by atoms with Crippen molar-refractivity contribution in [3.05, 3.63) is 65.4 Å². The minimum Gasteiger partial charge on any atom is -0.502 e. The van der Waals surface area contributed by atoms with Gasteiger partial charge in [0.25, 0.3) is 0 Å². The fourth-order valence-electron chi connectivity index (χ4n) is 1.66. The molecule has 0 aromatic carbocycles. The number of carbonyl (C=O) groups is 2. The van der Waals surface area contributed by atoms with Crippen molar-refractivity contribution >= 4 is 11.8 Å². The molecule has 6 nitrogen and oxygen atoms in total. The third-order valence-electron chi connectivity index (χ3n) is 2.61. The fraction of sp³-hybridized carbons (Fsp3) is 0.0714. The predicted octanol–water partition coefficient (Wildman–Crippen LogP) is 1.71. The molecule has 102 valence electrons.